The van der Waals surface area contributed by atoms with Crippen molar-refractivity contribution in [2.45, 2.75) is 32.0 Å². The molecule has 7 rings (SSSR count). The number of nitrogens with zero attached hydrogens (tertiary/aromatic N) is 2. The molecule has 6 atom stereocenters. The lowest BCUT2D eigenvalue weighted by Gasteiger charge is -2.49. The molecule has 2 saturated heterocycles. The molecule has 3 aromatic rings. The molecule has 248 valence electrons. The molecule has 14 heteroatoms. The fraction of sp³-hybridized carbons (Fsp3) is 0.294. The Kier molecular flexibility index (Phi) is 7.52. The first-order valence-corrected chi connectivity index (χ1v) is 16.0. The van der Waals surface area contributed by atoms with E-state index in [1.54, 1.807) is 30.3 Å². The smallest absolute Gasteiger partial charge is 0.508 e. The summed E-state index contributed by atoms with van der Waals surface area (Å²) in [6.07, 6.45) is -3.36. The van der Waals surface area contributed by atoms with E-state index in [0.29, 0.717) is 11.3 Å². The molecule has 2 heterocycles. The molecule has 0 bridgehead atoms. The van der Waals surface area contributed by atoms with E-state index >= 15 is 0 Å². The Balaban J connectivity index is 1.39. The van der Waals surface area contributed by atoms with Gasteiger partial charge in [0.15, 0.2) is 0 Å². The Labute approximate surface area is 284 Å². The third-order valence-corrected chi connectivity index (χ3v) is 10.9. The van der Waals surface area contributed by atoms with Crippen LogP contribution >= 0.6 is 27.5 Å². The van der Waals surface area contributed by atoms with Crippen LogP contribution in [0.4, 0.5) is 28.9 Å². The molecule has 2 aliphatic carbocycles. The maximum Gasteiger partial charge on any atom is 0.573 e. The highest BCUT2D eigenvalue weighted by Crippen LogP contribution is 2.64. The average molecular weight is 748 g/mol. The Morgan fingerprint density at radius 1 is 0.917 bits per heavy atom. The predicted octanol–water partition coefficient (Wildman–Crippen LogP) is 7.28. The van der Waals surface area contributed by atoms with Crippen LogP contribution < -0.4 is 14.5 Å². The number of phenolic OH excluding ortho intramolecular Hbond substituents is 1. The maximum absolute atomic E-state index is 14.5. The standard InChI is InChI=1S/C34H24BrClF4N2O6/c1-33-23(30(45)42(32(33)47)17-6-10-25(37)24(36)12-17)14-21-19(28(33)22-13-18(7-11-26(22)43)48-34(38,39)40)8-9-20-27(21)31(46)41(29(20)44)16-4-2-15(35)3-5-16/h2-8,10-13,20-21,23,27-28,43H,9,14H2,1H3/t20-,21+,23-,27-,28+,33+/m0/s1. The molecule has 0 spiro atoms. The Bertz CT molecular complexity index is 1950. The number of halogens is 6. The molecular formula is C34H24BrClF4N2O6. The van der Waals surface area contributed by atoms with E-state index in [2.05, 4.69) is 20.7 Å². The number of phenols is 1. The normalized spacial score (nSPS) is 28.3. The zero-order chi connectivity index (χ0) is 34.4. The minimum absolute atomic E-state index is 0.0208. The van der Waals surface area contributed by atoms with Crippen molar-refractivity contribution in [1.29, 1.82) is 0 Å². The van der Waals surface area contributed by atoms with Crippen LogP contribution in [0.1, 0.15) is 31.2 Å². The SMILES string of the molecule is C[C@@]12C(=O)N(c3ccc(F)c(Cl)c3)C(=O)[C@@H]1C[C@@H]1C(=CC[C@@H]3C(=O)N(c4ccc(Br)cc4)C(=O)[C@@H]31)[C@@H]2c1cc(OC(F)(F)F)ccc1O. The van der Waals surface area contributed by atoms with E-state index in [9.17, 15) is 41.8 Å². The topological polar surface area (TPSA) is 104 Å². The number of carbonyl (C=O) groups excluding carboxylic acids is 4. The number of imide groups is 2. The van der Waals surface area contributed by atoms with E-state index in [4.69, 9.17) is 11.6 Å². The summed E-state index contributed by atoms with van der Waals surface area (Å²) in [6, 6.07) is 12.8. The van der Waals surface area contributed by atoms with Gasteiger partial charge in [0.05, 0.1) is 39.6 Å². The quantitative estimate of drug-likeness (QED) is 0.171. The molecular weight excluding hydrogens is 724 g/mol. The summed E-state index contributed by atoms with van der Waals surface area (Å²) >= 11 is 9.34. The van der Waals surface area contributed by atoms with Crippen molar-refractivity contribution in [1.82, 2.24) is 0 Å². The van der Waals surface area contributed by atoms with Gasteiger partial charge in [-0.15, -0.1) is 13.2 Å². The fourth-order valence-corrected chi connectivity index (χ4v) is 8.47. The molecule has 0 unspecified atom stereocenters. The third-order valence-electron chi connectivity index (χ3n) is 10.1. The van der Waals surface area contributed by atoms with Crippen molar-refractivity contribution in [2.75, 3.05) is 9.80 Å². The van der Waals surface area contributed by atoms with Crippen LogP contribution in [0.3, 0.4) is 0 Å². The first-order chi connectivity index (χ1) is 22.6. The van der Waals surface area contributed by atoms with Crippen LogP contribution in [0.2, 0.25) is 5.02 Å². The van der Waals surface area contributed by atoms with E-state index in [-0.39, 0.29) is 29.1 Å². The lowest BCUT2D eigenvalue weighted by atomic mass is 9.51. The Morgan fingerprint density at radius 3 is 2.27 bits per heavy atom. The molecule has 4 aliphatic rings. The van der Waals surface area contributed by atoms with Gasteiger partial charge >= 0.3 is 6.36 Å². The molecule has 4 amide bonds. The van der Waals surface area contributed by atoms with Crippen molar-refractivity contribution in [3.8, 4) is 11.5 Å². The summed E-state index contributed by atoms with van der Waals surface area (Å²) in [4.78, 5) is 58.6. The monoisotopic (exact) mass is 746 g/mol. The molecule has 48 heavy (non-hydrogen) atoms. The Hall–Kier alpha value is -4.23. The van der Waals surface area contributed by atoms with E-state index in [1.165, 1.54) is 13.0 Å². The van der Waals surface area contributed by atoms with E-state index < -0.39 is 82.3 Å². The summed E-state index contributed by atoms with van der Waals surface area (Å²) in [5.74, 6) is -9.25. The second-order valence-electron chi connectivity index (χ2n) is 12.5. The van der Waals surface area contributed by atoms with Gasteiger partial charge in [-0.05, 0) is 86.3 Å². The molecule has 0 aromatic heterocycles. The van der Waals surface area contributed by atoms with E-state index in [0.717, 1.165) is 44.6 Å². The maximum atomic E-state index is 14.5. The number of fused-ring (bicyclic) bond motifs is 4. The lowest BCUT2D eigenvalue weighted by Crippen LogP contribution is -2.49. The van der Waals surface area contributed by atoms with Crippen molar-refractivity contribution in [3.05, 3.63) is 93.2 Å². The van der Waals surface area contributed by atoms with Gasteiger partial charge in [-0.2, -0.15) is 0 Å². The fourth-order valence-electron chi connectivity index (χ4n) is 8.04. The van der Waals surface area contributed by atoms with Gasteiger partial charge < -0.3 is 9.84 Å². The van der Waals surface area contributed by atoms with Crippen LogP contribution in [-0.2, 0) is 19.2 Å². The number of hydrogen-bond acceptors (Lipinski definition) is 6. The van der Waals surface area contributed by atoms with Crippen LogP contribution in [-0.4, -0.2) is 35.1 Å². The van der Waals surface area contributed by atoms with Gasteiger partial charge in [0.25, 0.3) is 0 Å². The van der Waals surface area contributed by atoms with Crippen molar-refractivity contribution < 1.29 is 46.6 Å². The zero-order valence-corrected chi connectivity index (χ0v) is 27.1. The first kappa shape index (κ1) is 32.3. The molecule has 8 nitrogen and oxygen atoms in total. The van der Waals surface area contributed by atoms with Gasteiger partial charge in [-0.3, -0.25) is 24.1 Å². The van der Waals surface area contributed by atoms with Gasteiger partial charge in [-0.25, -0.2) is 9.29 Å². The number of ether oxygens (including phenoxy) is 1. The molecule has 2 aliphatic heterocycles. The highest BCUT2D eigenvalue weighted by atomic mass is 79.9. The minimum Gasteiger partial charge on any atom is -0.508 e. The minimum atomic E-state index is -5.07. The van der Waals surface area contributed by atoms with Crippen molar-refractivity contribution >= 4 is 62.5 Å². The average Bonchev–Trinajstić information content (AvgIpc) is 3.39. The number of hydrogen-bond donors (Lipinski definition) is 1. The van der Waals surface area contributed by atoms with E-state index in [1.807, 2.05) is 0 Å². The number of rotatable bonds is 4. The second kappa shape index (κ2) is 11.2. The number of carbonyl (C=O) groups is 4. The summed E-state index contributed by atoms with van der Waals surface area (Å²) in [5.41, 5.74) is -1.05. The third kappa shape index (κ3) is 4.84. The van der Waals surface area contributed by atoms with Crippen LogP contribution in [0, 0.1) is 34.9 Å². The summed E-state index contributed by atoms with van der Waals surface area (Å²) in [6.45, 7) is 1.49. The van der Waals surface area contributed by atoms with Gasteiger partial charge in [0.2, 0.25) is 23.6 Å². The lowest BCUT2D eigenvalue weighted by molar-refractivity contribution is -0.274. The van der Waals surface area contributed by atoms with Crippen LogP contribution in [0.15, 0.2) is 76.8 Å². The van der Waals surface area contributed by atoms with Gasteiger partial charge in [-0.1, -0.05) is 39.2 Å². The highest BCUT2D eigenvalue weighted by molar-refractivity contribution is 9.10. The van der Waals surface area contributed by atoms with Crippen molar-refractivity contribution in [3.63, 3.8) is 0 Å². The Morgan fingerprint density at radius 2 is 1.60 bits per heavy atom. The highest BCUT2D eigenvalue weighted by Gasteiger charge is 2.68. The van der Waals surface area contributed by atoms with Crippen molar-refractivity contribution in [2.24, 2.45) is 29.1 Å². The summed E-state index contributed by atoms with van der Waals surface area (Å²) in [5, 5.41) is 10.8. The molecule has 0 radical (unpaired) electrons. The summed E-state index contributed by atoms with van der Waals surface area (Å²) < 4.78 is 58.9. The zero-order valence-electron chi connectivity index (χ0n) is 24.8. The second-order valence-corrected chi connectivity index (χ2v) is 13.8. The molecule has 3 aromatic carbocycles. The summed E-state index contributed by atoms with van der Waals surface area (Å²) in [7, 11) is 0. The molecule has 1 saturated carbocycles. The van der Waals surface area contributed by atoms with Crippen LogP contribution in [0.5, 0.6) is 11.5 Å². The first-order valence-electron chi connectivity index (χ1n) is 14.9. The van der Waals surface area contributed by atoms with Gasteiger partial charge in [0.1, 0.15) is 17.3 Å². The number of alkyl halides is 3. The molecule has 3 fully saturated rings. The predicted molar refractivity (Wildman–Crippen MR) is 167 cm³/mol. The number of anilines is 2. The van der Waals surface area contributed by atoms with Gasteiger partial charge in [0, 0.05) is 16.0 Å². The largest absolute Gasteiger partial charge is 0.573 e. The number of benzene rings is 3. The number of allylic oxidation sites excluding steroid dienone is 2. The number of aromatic hydroxyl groups is 1. The number of amides is 4. The van der Waals surface area contributed by atoms with Crippen LogP contribution in [0.25, 0.3) is 0 Å². The molecule has 1 N–H and O–H groups in total.